The highest BCUT2D eigenvalue weighted by Gasteiger charge is 2.31. The number of alkyl halides is 6. The van der Waals surface area contributed by atoms with Crippen LogP contribution in [0.25, 0.3) is 11.1 Å². The van der Waals surface area contributed by atoms with Crippen LogP contribution in [-0.2, 0) is 23.7 Å². The molecule has 1 fully saturated rings. The van der Waals surface area contributed by atoms with Crippen LogP contribution < -0.4 is 0 Å². The van der Waals surface area contributed by atoms with Gasteiger partial charge in [0, 0.05) is 13.1 Å². The monoisotopic (exact) mass is 577 g/mol. The number of piperidine rings is 1. The number of carboxylic acids is 1. The van der Waals surface area contributed by atoms with E-state index in [0.29, 0.717) is 36.2 Å². The summed E-state index contributed by atoms with van der Waals surface area (Å²) in [4.78, 5) is 14.4. The summed E-state index contributed by atoms with van der Waals surface area (Å²) in [6.45, 7) is 5.76. The van der Waals surface area contributed by atoms with E-state index in [-0.39, 0.29) is 11.8 Å². The van der Waals surface area contributed by atoms with E-state index in [0.717, 1.165) is 54.8 Å². The van der Waals surface area contributed by atoms with Crippen LogP contribution >= 0.6 is 0 Å². The number of halogens is 6. The van der Waals surface area contributed by atoms with Gasteiger partial charge < -0.3 is 5.11 Å². The molecule has 9 heteroatoms. The molecule has 1 unspecified atom stereocenters. The molecule has 1 N–H and O–H groups in total. The molecule has 0 aliphatic carbocycles. The zero-order valence-electron chi connectivity index (χ0n) is 22.9. The minimum absolute atomic E-state index is 0.0276. The number of benzene rings is 3. The van der Waals surface area contributed by atoms with Gasteiger partial charge in [0.1, 0.15) is 0 Å². The summed E-state index contributed by atoms with van der Waals surface area (Å²) in [5.74, 6) is -1.58. The van der Waals surface area contributed by atoms with E-state index in [1.165, 1.54) is 24.3 Å². The average Bonchev–Trinajstić information content (AvgIpc) is 2.91. The molecule has 3 nitrogen and oxygen atoms in total. The Morgan fingerprint density at radius 3 is 2.00 bits per heavy atom. The second kappa shape index (κ2) is 12.3. The van der Waals surface area contributed by atoms with E-state index in [9.17, 15) is 36.2 Å². The van der Waals surface area contributed by atoms with Crippen LogP contribution in [0.15, 0.2) is 66.7 Å². The summed E-state index contributed by atoms with van der Waals surface area (Å²) < 4.78 is 78.3. The normalized spacial score (nSPS) is 17.5. The Balaban J connectivity index is 1.65. The first-order valence-corrected chi connectivity index (χ1v) is 13.6. The molecule has 0 saturated carbocycles. The van der Waals surface area contributed by atoms with Gasteiger partial charge in [-0.05, 0) is 89.7 Å². The maximum atomic E-state index is 13.2. The molecule has 0 bridgehead atoms. The molecule has 1 heterocycles. The highest BCUT2D eigenvalue weighted by atomic mass is 19.4. The molecule has 0 spiro atoms. The molecule has 3 aromatic carbocycles. The van der Waals surface area contributed by atoms with Crippen LogP contribution in [0, 0.1) is 5.92 Å². The van der Waals surface area contributed by atoms with Gasteiger partial charge in [-0.3, -0.25) is 9.69 Å². The second-order valence-corrected chi connectivity index (χ2v) is 11.3. The third kappa shape index (κ3) is 7.91. The minimum atomic E-state index is -4.46. The molecule has 0 radical (unpaired) electrons. The van der Waals surface area contributed by atoms with Crippen molar-refractivity contribution in [1.29, 1.82) is 0 Å². The van der Waals surface area contributed by atoms with Gasteiger partial charge in [-0.15, -0.1) is 0 Å². The van der Waals surface area contributed by atoms with Crippen LogP contribution in [0.4, 0.5) is 26.3 Å². The van der Waals surface area contributed by atoms with E-state index in [1.807, 2.05) is 26.0 Å². The average molecular weight is 578 g/mol. The van der Waals surface area contributed by atoms with Crippen LogP contribution in [0.3, 0.4) is 0 Å². The van der Waals surface area contributed by atoms with Gasteiger partial charge in [0.05, 0.1) is 17.0 Å². The Morgan fingerprint density at radius 1 is 0.878 bits per heavy atom. The Kier molecular flexibility index (Phi) is 9.16. The van der Waals surface area contributed by atoms with E-state index in [4.69, 9.17) is 0 Å². The number of nitrogens with zero attached hydrogens (tertiary/aromatic N) is 1. The number of carboxylic acid groups (broad SMARTS) is 1. The molecule has 1 aliphatic heterocycles. The maximum Gasteiger partial charge on any atom is 0.416 e. The number of carbonyl (C=O) groups is 1. The lowest BCUT2D eigenvalue weighted by Crippen LogP contribution is -2.34. The molecular formula is C32H33F6NO2. The Bertz CT molecular complexity index is 1330. The lowest BCUT2D eigenvalue weighted by Gasteiger charge is -2.33. The second-order valence-electron chi connectivity index (χ2n) is 11.3. The summed E-state index contributed by atoms with van der Waals surface area (Å²) in [6.07, 6.45) is -6.76. The molecule has 2 atom stereocenters. The van der Waals surface area contributed by atoms with E-state index < -0.39 is 35.4 Å². The standard InChI is InChI=1S/C32H33F6NO2/c1-20(2)14-29(30(40)41)26-16-24(22-7-11-28(12-8-22)32(36,37)38)15-25(17-26)23-4-3-13-39(19-23)18-21-5-9-27(10-6-21)31(33,34)35/h5-12,15-17,20,23,29H,3-4,13-14,18-19H2,1-2H3,(H,40,41)/t23?,29-/m0/s1. The molecule has 1 saturated heterocycles. The summed E-state index contributed by atoms with van der Waals surface area (Å²) in [5.41, 5.74) is 2.05. The van der Waals surface area contributed by atoms with Crippen molar-refractivity contribution in [2.75, 3.05) is 13.1 Å². The Hall–Kier alpha value is -3.33. The predicted octanol–water partition coefficient (Wildman–Crippen LogP) is 8.99. The molecule has 4 rings (SSSR count). The summed E-state index contributed by atoms with van der Waals surface area (Å²) in [7, 11) is 0. The van der Waals surface area contributed by atoms with Gasteiger partial charge in [0.2, 0.25) is 0 Å². The summed E-state index contributed by atoms with van der Waals surface area (Å²) in [5, 5.41) is 10.0. The van der Waals surface area contributed by atoms with Crippen LogP contribution in [-0.4, -0.2) is 29.1 Å². The van der Waals surface area contributed by atoms with Crippen LogP contribution in [0.2, 0.25) is 0 Å². The SMILES string of the molecule is CC(C)C[C@H](C(=O)O)c1cc(-c2ccc(C(F)(F)F)cc2)cc(C2CCCN(Cc3ccc(C(F)(F)F)cc3)C2)c1. The van der Waals surface area contributed by atoms with Crippen molar-refractivity contribution >= 4 is 5.97 Å². The third-order valence-electron chi connectivity index (χ3n) is 7.60. The first kappa shape index (κ1) is 30.6. The van der Waals surface area contributed by atoms with E-state index in [2.05, 4.69) is 4.90 Å². The number of likely N-dealkylation sites (tertiary alicyclic amines) is 1. The van der Waals surface area contributed by atoms with E-state index in [1.54, 1.807) is 6.07 Å². The van der Waals surface area contributed by atoms with Crippen LogP contribution in [0.5, 0.6) is 0 Å². The predicted molar refractivity (Wildman–Crippen MR) is 145 cm³/mol. The quantitative estimate of drug-likeness (QED) is 0.272. The lowest BCUT2D eigenvalue weighted by molar-refractivity contribution is -0.139. The van der Waals surface area contributed by atoms with Gasteiger partial charge in [-0.1, -0.05) is 56.3 Å². The van der Waals surface area contributed by atoms with Gasteiger partial charge >= 0.3 is 18.3 Å². The Morgan fingerprint density at radius 2 is 1.46 bits per heavy atom. The zero-order valence-corrected chi connectivity index (χ0v) is 22.9. The first-order valence-electron chi connectivity index (χ1n) is 13.6. The van der Waals surface area contributed by atoms with Gasteiger partial charge in [0.25, 0.3) is 0 Å². The Labute approximate surface area is 235 Å². The fourth-order valence-electron chi connectivity index (χ4n) is 5.51. The van der Waals surface area contributed by atoms with Crippen molar-refractivity contribution in [3.05, 3.63) is 94.5 Å². The highest BCUT2D eigenvalue weighted by molar-refractivity contribution is 5.78. The third-order valence-corrected chi connectivity index (χ3v) is 7.60. The molecular weight excluding hydrogens is 544 g/mol. The van der Waals surface area contributed by atoms with Crippen molar-refractivity contribution in [1.82, 2.24) is 4.90 Å². The molecule has 3 aromatic rings. The van der Waals surface area contributed by atoms with Gasteiger partial charge in [-0.25, -0.2) is 0 Å². The summed E-state index contributed by atoms with van der Waals surface area (Å²) in [6, 6.07) is 15.6. The van der Waals surface area contributed by atoms with Crippen molar-refractivity contribution < 1.29 is 36.2 Å². The lowest BCUT2D eigenvalue weighted by atomic mass is 9.83. The largest absolute Gasteiger partial charge is 0.481 e. The number of hydrogen-bond donors (Lipinski definition) is 1. The fourth-order valence-corrected chi connectivity index (χ4v) is 5.51. The van der Waals surface area contributed by atoms with Crippen molar-refractivity contribution in [2.24, 2.45) is 5.92 Å². The fraction of sp³-hybridized carbons (Fsp3) is 0.406. The smallest absolute Gasteiger partial charge is 0.416 e. The number of aliphatic carboxylic acids is 1. The van der Waals surface area contributed by atoms with E-state index >= 15 is 0 Å². The number of hydrogen-bond acceptors (Lipinski definition) is 2. The van der Waals surface area contributed by atoms with Gasteiger partial charge in [0.15, 0.2) is 0 Å². The number of rotatable bonds is 8. The first-order chi connectivity index (χ1) is 19.2. The summed E-state index contributed by atoms with van der Waals surface area (Å²) >= 11 is 0. The minimum Gasteiger partial charge on any atom is -0.481 e. The highest BCUT2D eigenvalue weighted by Crippen LogP contribution is 2.37. The van der Waals surface area contributed by atoms with Crippen molar-refractivity contribution in [3.8, 4) is 11.1 Å². The molecule has 0 aromatic heterocycles. The van der Waals surface area contributed by atoms with Crippen molar-refractivity contribution in [2.45, 2.75) is 63.8 Å². The molecule has 220 valence electrons. The maximum absolute atomic E-state index is 13.2. The molecule has 41 heavy (non-hydrogen) atoms. The molecule has 0 amide bonds. The topological polar surface area (TPSA) is 40.5 Å². The zero-order chi connectivity index (χ0) is 29.9. The van der Waals surface area contributed by atoms with Gasteiger partial charge in [-0.2, -0.15) is 26.3 Å². The van der Waals surface area contributed by atoms with Crippen LogP contribution in [0.1, 0.15) is 72.8 Å². The van der Waals surface area contributed by atoms with Crippen molar-refractivity contribution in [3.63, 3.8) is 0 Å². The molecule has 1 aliphatic rings.